The van der Waals surface area contributed by atoms with Crippen LogP contribution in [0.2, 0.25) is 0 Å². The molecular formula is C57H51BN2. The van der Waals surface area contributed by atoms with E-state index in [1.165, 1.54) is 106 Å². The van der Waals surface area contributed by atoms with Crippen LogP contribution in [0, 0.1) is 0 Å². The Morgan fingerprint density at radius 2 is 1.10 bits per heavy atom. The number of benzene rings is 8. The van der Waals surface area contributed by atoms with Gasteiger partial charge in [0, 0.05) is 39.0 Å². The van der Waals surface area contributed by atoms with E-state index in [1.54, 1.807) is 0 Å². The van der Waals surface area contributed by atoms with Gasteiger partial charge >= 0.3 is 6.85 Å². The summed E-state index contributed by atoms with van der Waals surface area (Å²) in [6, 6.07) is 62.4. The predicted octanol–water partition coefficient (Wildman–Crippen LogP) is 14.1. The van der Waals surface area contributed by atoms with Gasteiger partial charge in [-0.3, -0.25) is 0 Å². The van der Waals surface area contributed by atoms with E-state index in [9.17, 15) is 0 Å². The molecule has 3 heteroatoms. The third kappa shape index (κ3) is 5.27. The summed E-state index contributed by atoms with van der Waals surface area (Å²) in [6.07, 6.45) is 0. The van der Waals surface area contributed by atoms with Crippen LogP contribution in [0.1, 0.15) is 77.6 Å². The minimum atomic E-state index is -0.159. The van der Waals surface area contributed by atoms with Gasteiger partial charge in [-0.15, -0.1) is 0 Å². The molecule has 0 N–H and O–H groups in total. The van der Waals surface area contributed by atoms with E-state index in [0.29, 0.717) is 0 Å². The van der Waals surface area contributed by atoms with Crippen molar-refractivity contribution in [1.29, 1.82) is 0 Å². The average Bonchev–Trinajstić information content (AvgIpc) is 3.49. The number of nitrogens with zero attached hydrogens (tertiary/aromatic N) is 2. The summed E-state index contributed by atoms with van der Waals surface area (Å²) in [6.45, 7) is 18.6. The van der Waals surface area contributed by atoms with Crippen molar-refractivity contribution in [2.24, 2.45) is 0 Å². The molecule has 0 aromatic heterocycles. The fourth-order valence-electron chi connectivity index (χ4n) is 10.6. The fourth-order valence-corrected chi connectivity index (χ4v) is 10.6. The van der Waals surface area contributed by atoms with Gasteiger partial charge in [0.25, 0.3) is 0 Å². The molecule has 8 aromatic carbocycles. The van der Waals surface area contributed by atoms with E-state index in [1.807, 2.05) is 0 Å². The maximum Gasteiger partial charge on any atom is 0.333 e. The Hall–Kier alpha value is -6.32. The molecule has 1 aliphatic carbocycles. The van der Waals surface area contributed by atoms with Crippen LogP contribution in [-0.2, 0) is 16.2 Å². The molecular weight excluding hydrogens is 723 g/mol. The second-order valence-electron chi connectivity index (χ2n) is 19.8. The summed E-state index contributed by atoms with van der Waals surface area (Å²) in [7, 11) is 0. The van der Waals surface area contributed by atoms with Gasteiger partial charge in [0.1, 0.15) is 0 Å². The van der Waals surface area contributed by atoms with Gasteiger partial charge in [0.15, 0.2) is 0 Å². The Morgan fingerprint density at radius 1 is 0.467 bits per heavy atom. The standard InChI is InChI=1S/C57H51BN2/c1-55(2,3)38-26-29-40(30-27-38)60-49-32-28-39(56(4,5)6)35-44(49)45-34-37-20-12-13-22-42(37)54-52(45)58(60)53-50(33-31-47-51(53)43-23-14-16-24-46(43)57(47,7)8)59(54)48-25-17-15-21-41(48)36-18-10-9-11-19-36/h9-35H,1-8H3. The first-order valence-electron chi connectivity index (χ1n) is 21.6. The number of para-hydroxylation sites is 1. The first-order valence-corrected chi connectivity index (χ1v) is 21.6. The highest BCUT2D eigenvalue weighted by molar-refractivity contribution is 6.95. The van der Waals surface area contributed by atoms with E-state index >= 15 is 0 Å². The third-order valence-corrected chi connectivity index (χ3v) is 13.7. The van der Waals surface area contributed by atoms with E-state index in [4.69, 9.17) is 0 Å². The van der Waals surface area contributed by atoms with Crippen LogP contribution in [0.15, 0.2) is 164 Å². The lowest BCUT2D eigenvalue weighted by atomic mass is 9.42. The van der Waals surface area contributed by atoms with Crippen LogP contribution < -0.4 is 20.6 Å². The lowest BCUT2D eigenvalue weighted by molar-refractivity contribution is 0.590. The lowest BCUT2D eigenvalue weighted by Crippen LogP contribution is -2.62. The summed E-state index contributed by atoms with van der Waals surface area (Å²) >= 11 is 0. The smallest absolute Gasteiger partial charge is 0.333 e. The maximum atomic E-state index is 2.70. The van der Waals surface area contributed by atoms with E-state index in [0.717, 1.165) is 0 Å². The molecule has 0 radical (unpaired) electrons. The highest BCUT2D eigenvalue weighted by Gasteiger charge is 2.50. The Balaban J connectivity index is 1.34. The molecule has 2 heterocycles. The maximum absolute atomic E-state index is 2.70. The highest BCUT2D eigenvalue weighted by atomic mass is 15.2. The van der Waals surface area contributed by atoms with Gasteiger partial charge in [-0.05, 0) is 114 Å². The summed E-state index contributed by atoms with van der Waals surface area (Å²) in [5, 5.41) is 2.51. The molecule has 2 aliphatic heterocycles. The van der Waals surface area contributed by atoms with Gasteiger partial charge < -0.3 is 9.71 Å². The molecule has 0 fully saturated rings. The van der Waals surface area contributed by atoms with Gasteiger partial charge in [-0.1, -0.05) is 177 Å². The van der Waals surface area contributed by atoms with Crippen LogP contribution in [0.4, 0.5) is 28.4 Å². The minimum absolute atomic E-state index is 0.0225. The van der Waals surface area contributed by atoms with Gasteiger partial charge in [0.2, 0.25) is 0 Å². The van der Waals surface area contributed by atoms with Crippen LogP contribution in [0.5, 0.6) is 0 Å². The highest BCUT2D eigenvalue weighted by Crippen LogP contribution is 2.55. The number of hydrogen-bond acceptors (Lipinski definition) is 2. The van der Waals surface area contributed by atoms with Crippen molar-refractivity contribution in [3.8, 4) is 33.4 Å². The SMILES string of the molecule is CC(C)(C)c1ccc(N2B3c4c(ccc5c4-c4ccccc4C5(C)C)N(c4ccccc4-c4ccccc4)c4c3c(cc3ccccc43)-c3cc(C(C)(C)C)ccc32)cc1. The molecule has 0 bridgehead atoms. The zero-order valence-corrected chi connectivity index (χ0v) is 36.1. The van der Waals surface area contributed by atoms with Crippen LogP contribution in [0.25, 0.3) is 44.2 Å². The number of hydrogen-bond donors (Lipinski definition) is 0. The molecule has 3 aliphatic rings. The minimum Gasteiger partial charge on any atom is -0.376 e. The molecule has 292 valence electrons. The Kier molecular flexibility index (Phi) is 7.86. The van der Waals surface area contributed by atoms with Crippen LogP contribution in [-0.4, -0.2) is 6.85 Å². The van der Waals surface area contributed by atoms with Gasteiger partial charge in [-0.25, -0.2) is 0 Å². The largest absolute Gasteiger partial charge is 0.376 e. The zero-order chi connectivity index (χ0) is 41.3. The van der Waals surface area contributed by atoms with Crippen molar-refractivity contribution in [3.05, 3.63) is 186 Å². The van der Waals surface area contributed by atoms with Crippen molar-refractivity contribution >= 4 is 57.0 Å². The quantitative estimate of drug-likeness (QED) is 0.165. The van der Waals surface area contributed by atoms with Crippen molar-refractivity contribution in [3.63, 3.8) is 0 Å². The van der Waals surface area contributed by atoms with Crippen LogP contribution in [0.3, 0.4) is 0 Å². The summed E-state index contributed by atoms with van der Waals surface area (Å²) in [4.78, 5) is 5.34. The monoisotopic (exact) mass is 774 g/mol. The molecule has 0 unspecified atom stereocenters. The molecule has 8 aromatic rings. The van der Waals surface area contributed by atoms with Crippen molar-refractivity contribution in [1.82, 2.24) is 0 Å². The molecule has 0 saturated carbocycles. The van der Waals surface area contributed by atoms with Crippen molar-refractivity contribution in [2.45, 2.75) is 71.6 Å². The van der Waals surface area contributed by atoms with E-state index in [-0.39, 0.29) is 23.1 Å². The summed E-state index contributed by atoms with van der Waals surface area (Å²) < 4.78 is 0. The average molecular weight is 775 g/mol. The molecule has 11 rings (SSSR count). The third-order valence-electron chi connectivity index (χ3n) is 13.7. The topological polar surface area (TPSA) is 6.48 Å². The number of anilines is 5. The first-order chi connectivity index (χ1) is 28.8. The summed E-state index contributed by atoms with van der Waals surface area (Å²) in [5.41, 5.74) is 21.9. The normalized spacial score (nSPS) is 14.7. The second-order valence-corrected chi connectivity index (χ2v) is 19.8. The Morgan fingerprint density at radius 3 is 1.85 bits per heavy atom. The Bertz CT molecular complexity index is 3030. The zero-order valence-electron chi connectivity index (χ0n) is 36.1. The van der Waals surface area contributed by atoms with E-state index in [2.05, 4.69) is 229 Å². The molecule has 0 spiro atoms. The molecule has 0 amide bonds. The van der Waals surface area contributed by atoms with Gasteiger partial charge in [-0.2, -0.15) is 0 Å². The number of rotatable bonds is 3. The van der Waals surface area contributed by atoms with Gasteiger partial charge in [0.05, 0.1) is 11.4 Å². The summed E-state index contributed by atoms with van der Waals surface area (Å²) in [5.74, 6) is 0. The second kappa shape index (κ2) is 12.8. The van der Waals surface area contributed by atoms with Crippen molar-refractivity contribution < 1.29 is 0 Å². The fraction of sp³-hybridized carbons (Fsp3) is 0.193. The molecule has 2 nitrogen and oxygen atoms in total. The van der Waals surface area contributed by atoms with E-state index < -0.39 is 0 Å². The Labute approximate surface area is 356 Å². The van der Waals surface area contributed by atoms with Crippen molar-refractivity contribution in [2.75, 3.05) is 9.71 Å². The predicted molar refractivity (Wildman–Crippen MR) is 258 cm³/mol. The van der Waals surface area contributed by atoms with Crippen LogP contribution >= 0.6 is 0 Å². The molecule has 0 atom stereocenters. The first kappa shape index (κ1) is 36.7. The lowest BCUT2D eigenvalue weighted by Gasteiger charge is -2.47. The molecule has 60 heavy (non-hydrogen) atoms. The molecule has 0 saturated heterocycles. The number of fused-ring (bicyclic) bond motifs is 10.